The second-order valence-electron chi connectivity index (χ2n) is 3.14. The van der Waals surface area contributed by atoms with Gasteiger partial charge >= 0.3 is 0 Å². The maximum Gasteiger partial charge on any atom is 0.0788 e. The van der Waals surface area contributed by atoms with Crippen molar-refractivity contribution in [3.05, 3.63) is 43.5 Å². The molecule has 0 saturated heterocycles. The Kier molecular flexibility index (Phi) is 3.61. The Balaban J connectivity index is 2.41. The maximum absolute atomic E-state index is 5.56. The summed E-state index contributed by atoms with van der Waals surface area (Å²) in [5.74, 6) is 0. The van der Waals surface area contributed by atoms with E-state index in [1.165, 1.54) is 11.1 Å². The third-order valence-electron chi connectivity index (χ3n) is 2.16. The van der Waals surface area contributed by atoms with Gasteiger partial charge in [0.2, 0.25) is 0 Å². The van der Waals surface area contributed by atoms with Crippen LogP contribution in [0.3, 0.4) is 0 Å². The van der Waals surface area contributed by atoms with Crippen molar-refractivity contribution in [1.29, 1.82) is 0 Å². The van der Waals surface area contributed by atoms with E-state index >= 15 is 0 Å². The van der Waals surface area contributed by atoms with Crippen LogP contribution >= 0.6 is 43.2 Å². The average Bonchev–Trinajstić information content (AvgIpc) is 2.58. The first-order chi connectivity index (χ1) is 7.20. The highest BCUT2D eigenvalue weighted by molar-refractivity contribution is 9.12. The summed E-state index contributed by atoms with van der Waals surface area (Å²) in [6, 6.07) is 10.4. The number of nitrogens with two attached hydrogens (primary N) is 1. The molecule has 0 saturated carbocycles. The Hall–Kier alpha value is -0.160. The van der Waals surface area contributed by atoms with Gasteiger partial charge in [0.25, 0.3) is 0 Å². The third kappa shape index (κ3) is 2.50. The van der Waals surface area contributed by atoms with Crippen LogP contribution in [0.15, 0.2) is 37.9 Å². The Morgan fingerprint density at radius 1 is 1.13 bits per heavy atom. The van der Waals surface area contributed by atoms with Crippen LogP contribution in [0.2, 0.25) is 0 Å². The van der Waals surface area contributed by atoms with Crippen LogP contribution in [0.25, 0.3) is 11.1 Å². The number of halogens is 2. The van der Waals surface area contributed by atoms with E-state index in [-0.39, 0.29) is 0 Å². The van der Waals surface area contributed by atoms with Crippen molar-refractivity contribution < 1.29 is 0 Å². The zero-order valence-electron chi connectivity index (χ0n) is 7.84. The molecule has 1 aromatic carbocycles. The Labute approximate surface area is 110 Å². The van der Waals surface area contributed by atoms with Crippen LogP contribution in [0, 0.1) is 0 Å². The summed E-state index contributed by atoms with van der Waals surface area (Å²) in [5, 5.41) is 0. The maximum atomic E-state index is 5.56. The molecule has 0 amide bonds. The molecule has 1 nitrogen and oxygen atoms in total. The lowest BCUT2D eigenvalue weighted by Crippen LogP contribution is -1.94. The molecular weight excluding hydrogens is 338 g/mol. The lowest BCUT2D eigenvalue weighted by Gasteiger charge is -2.01. The smallest absolute Gasteiger partial charge is 0.0788 e. The molecule has 1 heterocycles. The summed E-state index contributed by atoms with van der Waals surface area (Å²) >= 11 is 8.71. The summed E-state index contributed by atoms with van der Waals surface area (Å²) < 4.78 is 2.28. The van der Waals surface area contributed by atoms with Gasteiger partial charge in [0.15, 0.2) is 0 Å². The largest absolute Gasteiger partial charge is 0.326 e. The summed E-state index contributed by atoms with van der Waals surface area (Å²) in [6.07, 6.45) is 0. The molecule has 2 rings (SSSR count). The van der Waals surface area contributed by atoms with Gasteiger partial charge in [0.1, 0.15) is 0 Å². The highest BCUT2D eigenvalue weighted by Gasteiger charge is 2.06. The molecule has 0 unspecified atom stereocenters. The molecule has 0 atom stereocenters. The molecule has 0 aliphatic heterocycles. The van der Waals surface area contributed by atoms with Crippen molar-refractivity contribution in [3.8, 4) is 11.1 Å². The van der Waals surface area contributed by atoms with E-state index in [0.717, 1.165) is 13.1 Å². The van der Waals surface area contributed by atoms with E-state index in [9.17, 15) is 0 Å². The van der Waals surface area contributed by atoms with Crippen LogP contribution in [0.4, 0.5) is 0 Å². The van der Waals surface area contributed by atoms with E-state index < -0.39 is 0 Å². The van der Waals surface area contributed by atoms with Gasteiger partial charge in [-0.15, -0.1) is 11.3 Å². The van der Waals surface area contributed by atoms with Gasteiger partial charge < -0.3 is 5.73 Å². The SMILES string of the molecule is NCc1ccc(-c2cc(Br)sc2Br)cc1. The van der Waals surface area contributed by atoms with E-state index in [2.05, 4.69) is 62.2 Å². The molecule has 0 spiro atoms. The fraction of sp³-hybridized carbons (Fsp3) is 0.0909. The average molecular weight is 347 g/mol. The van der Waals surface area contributed by atoms with E-state index in [1.807, 2.05) is 0 Å². The van der Waals surface area contributed by atoms with Crippen LogP contribution in [0.1, 0.15) is 5.56 Å². The molecule has 0 fully saturated rings. The highest BCUT2D eigenvalue weighted by atomic mass is 79.9. The number of benzene rings is 1. The minimum absolute atomic E-state index is 0.592. The summed E-state index contributed by atoms with van der Waals surface area (Å²) in [5.41, 5.74) is 9.14. The molecule has 78 valence electrons. The topological polar surface area (TPSA) is 26.0 Å². The number of rotatable bonds is 2. The van der Waals surface area contributed by atoms with Gasteiger partial charge in [-0.3, -0.25) is 0 Å². The zero-order valence-corrected chi connectivity index (χ0v) is 11.8. The zero-order chi connectivity index (χ0) is 10.8. The number of hydrogen-bond donors (Lipinski definition) is 1. The lowest BCUT2D eigenvalue weighted by atomic mass is 10.1. The molecule has 0 radical (unpaired) electrons. The van der Waals surface area contributed by atoms with E-state index in [0.29, 0.717) is 6.54 Å². The van der Waals surface area contributed by atoms with E-state index in [4.69, 9.17) is 5.73 Å². The minimum atomic E-state index is 0.592. The van der Waals surface area contributed by atoms with Crippen LogP contribution < -0.4 is 5.73 Å². The molecule has 0 bridgehead atoms. The summed E-state index contributed by atoms with van der Waals surface area (Å²) in [4.78, 5) is 0. The van der Waals surface area contributed by atoms with Crippen molar-refractivity contribution in [2.75, 3.05) is 0 Å². The highest BCUT2D eigenvalue weighted by Crippen LogP contribution is 2.38. The van der Waals surface area contributed by atoms with Crippen molar-refractivity contribution >= 4 is 43.2 Å². The molecule has 0 aliphatic carbocycles. The van der Waals surface area contributed by atoms with Gasteiger partial charge in [-0.2, -0.15) is 0 Å². The summed E-state index contributed by atoms with van der Waals surface area (Å²) in [6.45, 7) is 0.592. The van der Waals surface area contributed by atoms with Gasteiger partial charge in [0.05, 0.1) is 7.57 Å². The van der Waals surface area contributed by atoms with Crippen molar-refractivity contribution in [2.24, 2.45) is 5.73 Å². The Morgan fingerprint density at radius 2 is 1.80 bits per heavy atom. The van der Waals surface area contributed by atoms with Gasteiger partial charge in [-0.1, -0.05) is 24.3 Å². The van der Waals surface area contributed by atoms with Gasteiger partial charge in [-0.25, -0.2) is 0 Å². The molecule has 4 heteroatoms. The molecule has 2 N–H and O–H groups in total. The quantitative estimate of drug-likeness (QED) is 0.856. The van der Waals surface area contributed by atoms with E-state index in [1.54, 1.807) is 11.3 Å². The minimum Gasteiger partial charge on any atom is -0.326 e. The first-order valence-electron chi connectivity index (χ1n) is 4.45. The molecular formula is C11H9Br2NS. The van der Waals surface area contributed by atoms with Crippen molar-refractivity contribution in [1.82, 2.24) is 0 Å². The number of hydrogen-bond acceptors (Lipinski definition) is 2. The molecule has 2 aromatic rings. The second kappa shape index (κ2) is 4.78. The van der Waals surface area contributed by atoms with Crippen molar-refractivity contribution in [2.45, 2.75) is 6.54 Å². The standard InChI is InChI=1S/C11H9Br2NS/c12-10-5-9(11(13)15-10)8-3-1-7(6-14)2-4-8/h1-5H,6,14H2. The first kappa shape index (κ1) is 11.3. The third-order valence-corrected chi connectivity index (χ3v) is 4.50. The molecule has 0 aliphatic rings. The van der Waals surface area contributed by atoms with Gasteiger partial charge in [0, 0.05) is 12.1 Å². The summed E-state index contributed by atoms with van der Waals surface area (Å²) in [7, 11) is 0. The first-order valence-corrected chi connectivity index (χ1v) is 6.85. The Morgan fingerprint density at radius 3 is 2.27 bits per heavy atom. The lowest BCUT2D eigenvalue weighted by molar-refractivity contribution is 1.07. The van der Waals surface area contributed by atoms with Gasteiger partial charge in [-0.05, 0) is 49.1 Å². The number of thiophene rings is 1. The Bertz CT molecular complexity index is 462. The van der Waals surface area contributed by atoms with Crippen LogP contribution in [-0.2, 0) is 6.54 Å². The predicted octanol–water partition coefficient (Wildman–Crippen LogP) is 4.40. The molecule has 1 aromatic heterocycles. The monoisotopic (exact) mass is 345 g/mol. The molecule has 15 heavy (non-hydrogen) atoms. The fourth-order valence-electron chi connectivity index (χ4n) is 1.36. The van der Waals surface area contributed by atoms with Crippen LogP contribution in [0.5, 0.6) is 0 Å². The fourth-order valence-corrected chi connectivity index (χ4v) is 4.22. The van der Waals surface area contributed by atoms with Crippen LogP contribution in [-0.4, -0.2) is 0 Å². The normalized spacial score (nSPS) is 10.6. The second-order valence-corrected chi connectivity index (χ2v) is 6.89. The van der Waals surface area contributed by atoms with Crippen molar-refractivity contribution in [3.63, 3.8) is 0 Å². The predicted molar refractivity (Wildman–Crippen MR) is 73.0 cm³/mol.